The van der Waals surface area contributed by atoms with Crippen LogP contribution in [0.1, 0.15) is 62.2 Å². The highest BCUT2D eigenvalue weighted by Crippen LogP contribution is 2.34. The van der Waals surface area contributed by atoms with Crippen LogP contribution in [0.5, 0.6) is 0 Å². The molecule has 2 fully saturated rings. The van der Waals surface area contributed by atoms with E-state index in [0.717, 1.165) is 54.4 Å². The van der Waals surface area contributed by atoms with Gasteiger partial charge < -0.3 is 10.2 Å². The fourth-order valence-electron chi connectivity index (χ4n) is 4.87. The molecule has 1 aliphatic heterocycles. The molecule has 0 spiro atoms. The van der Waals surface area contributed by atoms with Gasteiger partial charge in [-0.2, -0.15) is 0 Å². The highest BCUT2D eigenvalue weighted by molar-refractivity contribution is 7.22. The number of rotatable bonds is 8. The summed E-state index contributed by atoms with van der Waals surface area (Å²) in [7, 11) is 0. The first-order valence-corrected chi connectivity index (χ1v) is 12.8. The third-order valence-corrected chi connectivity index (χ3v) is 7.85. The maximum absolute atomic E-state index is 13.4. The summed E-state index contributed by atoms with van der Waals surface area (Å²) in [6.45, 7) is 5.32. The molecule has 5 nitrogen and oxygen atoms in total. The van der Waals surface area contributed by atoms with Crippen molar-refractivity contribution in [1.82, 2.24) is 15.2 Å². The third-order valence-electron chi connectivity index (χ3n) is 6.77. The molecule has 1 atom stereocenters. The Hall–Kier alpha value is -1.87. The SMILES string of the molecule is CCCC1CN(c2nc3ccc(C(=O)NC4CCC(F)(F)CC4)cc3s2)CCN1CCCF. The number of nitrogens with one attached hydrogen (secondary N) is 1. The van der Waals surface area contributed by atoms with Gasteiger partial charge in [-0.05, 0) is 43.9 Å². The normalized spacial score (nSPS) is 22.1. The first-order valence-electron chi connectivity index (χ1n) is 12.0. The quantitative estimate of drug-likeness (QED) is 0.558. The smallest absolute Gasteiger partial charge is 0.251 e. The molecular weight excluding hydrogens is 449 g/mol. The van der Waals surface area contributed by atoms with Crippen LogP contribution >= 0.6 is 11.3 Å². The Morgan fingerprint density at radius 3 is 2.79 bits per heavy atom. The van der Waals surface area contributed by atoms with Crippen LogP contribution < -0.4 is 10.2 Å². The van der Waals surface area contributed by atoms with Crippen molar-refractivity contribution < 1.29 is 18.0 Å². The molecule has 1 aliphatic carbocycles. The van der Waals surface area contributed by atoms with E-state index in [9.17, 15) is 18.0 Å². The number of alkyl halides is 3. The molecule has 4 rings (SSSR count). The standard InChI is InChI=1S/C24H33F3N4OS/c1-2-4-19-16-31(14-13-30(19)12-3-11-25)23-29-20-6-5-17(15-21(20)33-23)22(32)28-18-7-9-24(26,27)10-8-18/h5-6,15,18-19H,2-4,7-14,16H2,1H3,(H,28,32). The zero-order valence-corrected chi connectivity index (χ0v) is 20.0. The van der Waals surface area contributed by atoms with Crippen LogP contribution in [0, 0.1) is 0 Å². The van der Waals surface area contributed by atoms with Gasteiger partial charge in [0.05, 0.1) is 16.9 Å². The lowest BCUT2D eigenvalue weighted by atomic mass is 9.92. The Labute approximate surface area is 197 Å². The van der Waals surface area contributed by atoms with Crippen LogP contribution in [0.25, 0.3) is 10.2 Å². The summed E-state index contributed by atoms with van der Waals surface area (Å²) in [5.41, 5.74) is 1.39. The number of benzene rings is 1. The predicted molar refractivity (Wildman–Crippen MR) is 127 cm³/mol. The molecule has 0 bridgehead atoms. The van der Waals surface area contributed by atoms with Crippen molar-refractivity contribution in [1.29, 1.82) is 0 Å². The number of piperazine rings is 1. The van der Waals surface area contributed by atoms with Gasteiger partial charge in [-0.15, -0.1) is 0 Å². The largest absolute Gasteiger partial charge is 0.349 e. The Morgan fingerprint density at radius 1 is 1.27 bits per heavy atom. The number of fused-ring (bicyclic) bond motifs is 1. The van der Waals surface area contributed by atoms with Crippen molar-refractivity contribution in [3.63, 3.8) is 0 Å². The summed E-state index contributed by atoms with van der Waals surface area (Å²) in [5, 5.41) is 3.87. The minimum atomic E-state index is -2.60. The molecular formula is C24H33F3N4OS. The van der Waals surface area contributed by atoms with Gasteiger partial charge in [0, 0.05) is 56.7 Å². The highest BCUT2D eigenvalue weighted by atomic mass is 32.1. The van der Waals surface area contributed by atoms with E-state index in [0.29, 0.717) is 30.9 Å². The fraction of sp³-hybridized carbons (Fsp3) is 0.667. The van der Waals surface area contributed by atoms with Crippen molar-refractivity contribution in [3.8, 4) is 0 Å². The van der Waals surface area contributed by atoms with Crippen LogP contribution in [0.15, 0.2) is 18.2 Å². The van der Waals surface area contributed by atoms with Gasteiger partial charge >= 0.3 is 0 Å². The molecule has 1 aromatic heterocycles. The summed E-state index contributed by atoms with van der Waals surface area (Å²) < 4.78 is 40.4. The number of anilines is 1. The van der Waals surface area contributed by atoms with Crippen LogP contribution in [0.2, 0.25) is 0 Å². The molecule has 182 valence electrons. The van der Waals surface area contributed by atoms with Crippen LogP contribution in [0.4, 0.5) is 18.3 Å². The molecule has 2 heterocycles. The number of amides is 1. The second kappa shape index (κ2) is 10.6. The zero-order chi connectivity index (χ0) is 23.4. The number of hydrogen-bond donors (Lipinski definition) is 1. The van der Waals surface area contributed by atoms with E-state index < -0.39 is 5.92 Å². The average Bonchev–Trinajstić information content (AvgIpc) is 3.23. The minimum Gasteiger partial charge on any atom is -0.349 e. The molecule has 1 unspecified atom stereocenters. The summed E-state index contributed by atoms with van der Waals surface area (Å²) in [6.07, 6.45) is 3.01. The number of halogens is 3. The van der Waals surface area contributed by atoms with Gasteiger partial charge in [-0.1, -0.05) is 24.7 Å². The molecule has 1 saturated carbocycles. The van der Waals surface area contributed by atoms with Gasteiger partial charge in [-0.25, -0.2) is 13.8 Å². The van der Waals surface area contributed by atoms with Crippen molar-refractivity contribution in [2.75, 3.05) is 37.8 Å². The van der Waals surface area contributed by atoms with E-state index in [-0.39, 0.29) is 31.5 Å². The topological polar surface area (TPSA) is 48.5 Å². The van der Waals surface area contributed by atoms with Crippen molar-refractivity contribution in [2.45, 2.75) is 69.9 Å². The van der Waals surface area contributed by atoms with Crippen molar-refractivity contribution >= 4 is 32.6 Å². The Balaban J connectivity index is 1.42. The minimum absolute atomic E-state index is 0.171. The summed E-state index contributed by atoms with van der Waals surface area (Å²) in [5.74, 6) is -2.82. The number of thiazole rings is 1. The zero-order valence-electron chi connectivity index (χ0n) is 19.2. The highest BCUT2D eigenvalue weighted by Gasteiger charge is 2.35. The molecule has 2 aromatic rings. The van der Waals surface area contributed by atoms with E-state index in [1.165, 1.54) is 0 Å². The van der Waals surface area contributed by atoms with Crippen molar-refractivity contribution in [3.05, 3.63) is 23.8 Å². The van der Waals surface area contributed by atoms with E-state index in [1.807, 2.05) is 12.1 Å². The van der Waals surface area contributed by atoms with Gasteiger partial charge in [0.1, 0.15) is 0 Å². The predicted octanol–water partition coefficient (Wildman–Crippen LogP) is 5.25. The molecule has 1 aromatic carbocycles. The molecule has 1 saturated heterocycles. The molecule has 2 aliphatic rings. The van der Waals surface area contributed by atoms with Gasteiger partial charge in [0.25, 0.3) is 5.91 Å². The summed E-state index contributed by atoms with van der Waals surface area (Å²) >= 11 is 1.58. The molecule has 9 heteroatoms. The molecule has 1 N–H and O–H groups in total. The van der Waals surface area contributed by atoms with Crippen molar-refractivity contribution in [2.24, 2.45) is 0 Å². The fourth-order valence-corrected chi connectivity index (χ4v) is 5.91. The van der Waals surface area contributed by atoms with Crippen LogP contribution in [-0.4, -0.2) is 66.7 Å². The Bertz CT molecular complexity index is 943. The van der Waals surface area contributed by atoms with Gasteiger partial charge in [0.2, 0.25) is 5.92 Å². The number of carbonyl (C=O) groups is 1. The first kappa shape index (κ1) is 24.3. The number of carbonyl (C=O) groups excluding carboxylic acids is 1. The maximum atomic E-state index is 13.4. The molecule has 33 heavy (non-hydrogen) atoms. The summed E-state index contributed by atoms with van der Waals surface area (Å²) in [6, 6.07) is 5.67. The van der Waals surface area contributed by atoms with E-state index in [2.05, 4.69) is 22.0 Å². The van der Waals surface area contributed by atoms with E-state index >= 15 is 0 Å². The van der Waals surface area contributed by atoms with E-state index in [1.54, 1.807) is 17.4 Å². The number of nitrogens with zero attached hydrogens (tertiary/aromatic N) is 3. The monoisotopic (exact) mass is 482 g/mol. The number of aromatic nitrogens is 1. The first-order chi connectivity index (χ1) is 15.9. The molecule has 1 amide bonds. The van der Waals surface area contributed by atoms with Gasteiger partial charge in [-0.3, -0.25) is 14.1 Å². The lowest BCUT2D eigenvalue weighted by Crippen LogP contribution is -2.53. The lowest BCUT2D eigenvalue weighted by molar-refractivity contribution is -0.0399. The summed E-state index contributed by atoms with van der Waals surface area (Å²) in [4.78, 5) is 22.2. The molecule has 0 radical (unpaired) electrons. The average molecular weight is 483 g/mol. The Kier molecular flexibility index (Phi) is 7.79. The third kappa shape index (κ3) is 5.98. The van der Waals surface area contributed by atoms with Gasteiger partial charge in [0.15, 0.2) is 5.13 Å². The van der Waals surface area contributed by atoms with Crippen LogP contribution in [0.3, 0.4) is 0 Å². The number of hydrogen-bond acceptors (Lipinski definition) is 5. The van der Waals surface area contributed by atoms with Crippen LogP contribution in [-0.2, 0) is 0 Å². The lowest BCUT2D eigenvalue weighted by Gasteiger charge is -2.41. The second-order valence-corrected chi connectivity index (χ2v) is 10.3. The second-order valence-electron chi connectivity index (χ2n) is 9.25. The maximum Gasteiger partial charge on any atom is 0.251 e. The Morgan fingerprint density at radius 2 is 2.06 bits per heavy atom. The van der Waals surface area contributed by atoms with E-state index in [4.69, 9.17) is 4.98 Å².